The fraction of sp³-hybridized carbons (Fsp3) is 0.435. The van der Waals surface area contributed by atoms with E-state index in [4.69, 9.17) is 4.98 Å². The molecular weight excluding hydrogens is 337 g/mol. The molecule has 4 heteroatoms. The molecule has 0 amide bonds. The van der Waals surface area contributed by atoms with Crippen LogP contribution in [0.15, 0.2) is 24.3 Å². The summed E-state index contributed by atoms with van der Waals surface area (Å²) in [6.45, 7) is 8.16. The molecule has 27 heavy (non-hydrogen) atoms. The van der Waals surface area contributed by atoms with Crippen molar-refractivity contribution in [1.82, 2.24) is 9.55 Å². The Kier molecular flexibility index (Phi) is 3.78. The average Bonchev–Trinajstić information content (AvgIpc) is 2.89. The lowest BCUT2D eigenvalue weighted by molar-refractivity contribution is 0.322. The molecule has 2 aromatic carbocycles. The second-order valence-electron chi connectivity index (χ2n) is 8.23. The summed E-state index contributed by atoms with van der Waals surface area (Å²) < 4.78 is 17.5. The van der Waals surface area contributed by atoms with Crippen LogP contribution in [0.3, 0.4) is 0 Å². The first-order valence-corrected chi connectivity index (χ1v) is 10.1. The molecule has 1 saturated heterocycles. The van der Waals surface area contributed by atoms with Crippen LogP contribution in [0.2, 0.25) is 0 Å². The fourth-order valence-corrected chi connectivity index (χ4v) is 4.37. The van der Waals surface area contributed by atoms with E-state index in [0.717, 1.165) is 53.9 Å². The molecule has 2 heterocycles. The number of fused-ring (bicyclic) bond motifs is 1. The smallest absolute Gasteiger partial charge is 0.144 e. The number of nitrogens with zero attached hydrogens (tertiary/aromatic N) is 3. The van der Waals surface area contributed by atoms with Gasteiger partial charge >= 0.3 is 0 Å². The summed E-state index contributed by atoms with van der Waals surface area (Å²) >= 11 is 0. The minimum Gasteiger partial charge on any atom is -0.371 e. The van der Waals surface area contributed by atoms with Crippen molar-refractivity contribution in [3.63, 3.8) is 0 Å². The Balaban J connectivity index is 1.76. The summed E-state index contributed by atoms with van der Waals surface area (Å²) in [5, 5.41) is 0. The van der Waals surface area contributed by atoms with Gasteiger partial charge in [-0.1, -0.05) is 6.07 Å². The normalized spacial score (nSPS) is 17.3. The SMILES string of the molecule is Cc1cc(C)c(F)c(-c2nc3cc(N4CCC4)ccc3n2C2CCC2)c1C. The number of hydrogen-bond acceptors (Lipinski definition) is 2. The Hall–Kier alpha value is -2.36. The maximum absolute atomic E-state index is 15.2. The van der Waals surface area contributed by atoms with Crippen LogP contribution in [0.4, 0.5) is 10.1 Å². The number of anilines is 1. The highest BCUT2D eigenvalue weighted by molar-refractivity contribution is 5.85. The molecule has 0 unspecified atom stereocenters. The highest BCUT2D eigenvalue weighted by Crippen LogP contribution is 2.41. The number of aromatic nitrogens is 2. The maximum atomic E-state index is 15.2. The van der Waals surface area contributed by atoms with Gasteiger partial charge in [-0.05, 0) is 81.3 Å². The summed E-state index contributed by atoms with van der Waals surface area (Å²) in [4.78, 5) is 7.37. The minimum absolute atomic E-state index is 0.128. The van der Waals surface area contributed by atoms with Gasteiger partial charge in [-0.3, -0.25) is 0 Å². The number of hydrogen-bond donors (Lipinski definition) is 0. The van der Waals surface area contributed by atoms with Crippen molar-refractivity contribution in [2.24, 2.45) is 0 Å². The van der Waals surface area contributed by atoms with Crippen LogP contribution in [-0.4, -0.2) is 22.6 Å². The third kappa shape index (κ3) is 2.49. The quantitative estimate of drug-likeness (QED) is 0.595. The van der Waals surface area contributed by atoms with Crippen molar-refractivity contribution in [2.75, 3.05) is 18.0 Å². The Morgan fingerprint density at radius 1 is 1.00 bits per heavy atom. The molecule has 140 valence electrons. The monoisotopic (exact) mass is 363 g/mol. The summed E-state index contributed by atoms with van der Waals surface area (Å²) in [5.41, 5.74) is 6.85. The zero-order valence-electron chi connectivity index (χ0n) is 16.3. The number of imidazole rings is 1. The first-order chi connectivity index (χ1) is 13.0. The van der Waals surface area contributed by atoms with Crippen LogP contribution in [0.5, 0.6) is 0 Å². The van der Waals surface area contributed by atoms with Crippen LogP contribution in [0, 0.1) is 26.6 Å². The Bertz CT molecular complexity index is 1020. The average molecular weight is 363 g/mol. The van der Waals surface area contributed by atoms with Gasteiger partial charge in [0, 0.05) is 24.8 Å². The zero-order valence-corrected chi connectivity index (χ0v) is 16.3. The lowest BCUT2D eigenvalue weighted by atomic mass is 9.91. The van der Waals surface area contributed by atoms with Crippen molar-refractivity contribution < 1.29 is 4.39 Å². The molecule has 0 bridgehead atoms. The molecule has 0 atom stereocenters. The van der Waals surface area contributed by atoms with E-state index in [1.807, 2.05) is 19.9 Å². The molecule has 1 saturated carbocycles. The van der Waals surface area contributed by atoms with E-state index in [2.05, 4.69) is 34.6 Å². The van der Waals surface area contributed by atoms with Crippen molar-refractivity contribution in [1.29, 1.82) is 0 Å². The lowest BCUT2D eigenvalue weighted by Crippen LogP contribution is -2.36. The molecule has 3 aromatic rings. The standard InChI is InChI=1S/C23H26FN3/c1-14-12-15(2)22(24)21(16(14)3)23-25-19-13-18(26-10-5-11-26)8-9-20(19)27(23)17-6-4-7-17/h8-9,12-13,17H,4-7,10-11H2,1-3H3. The first kappa shape index (κ1) is 16.8. The van der Waals surface area contributed by atoms with Crippen molar-refractivity contribution in [2.45, 2.75) is 52.5 Å². The number of halogens is 1. The first-order valence-electron chi connectivity index (χ1n) is 10.1. The van der Waals surface area contributed by atoms with Gasteiger partial charge in [0.2, 0.25) is 0 Å². The summed E-state index contributed by atoms with van der Waals surface area (Å²) in [7, 11) is 0. The van der Waals surface area contributed by atoms with Gasteiger partial charge in [0.05, 0.1) is 16.6 Å². The molecule has 1 aromatic heterocycles. The van der Waals surface area contributed by atoms with Gasteiger partial charge in [-0.15, -0.1) is 0 Å². The van der Waals surface area contributed by atoms with E-state index >= 15 is 4.39 Å². The lowest BCUT2D eigenvalue weighted by Gasteiger charge is -2.33. The van der Waals surface area contributed by atoms with Crippen molar-refractivity contribution in [3.05, 3.63) is 46.8 Å². The molecule has 5 rings (SSSR count). The van der Waals surface area contributed by atoms with Gasteiger partial charge in [-0.2, -0.15) is 0 Å². The summed E-state index contributed by atoms with van der Waals surface area (Å²) in [6, 6.07) is 8.94. The van der Waals surface area contributed by atoms with Gasteiger partial charge in [0.1, 0.15) is 11.6 Å². The summed E-state index contributed by atoms with van der Waals surface area (Å²) in [5.74, 6) is 0.675. The third-order valence-corrected chi connectivity index (χ3v) is 6.52. The number of benzene rings is 2. The van der Waals surface area contributed by atoms with E-state index in [9.17, 15) is 0 Å². The largest absolute Gasteiger partial charge is 0.371 e. The number of rotatable bonds is 3. The second-order valence-corrected chi connectivity index (χ2v) is 8.23. The van der Waals surface area contributed by atoms with E-state index in [-0.39, 0.29) is 5.82 Å². The Morgan fingerprint density at radius 3 is 2.41 bits per heavy atom. The van der Waals surface area contributed by atoms with Crippen LogP contribution >= 0.6 is 0 Å². The van der Waals surface area contributed by atoms with E-state index < -0.39 is 0 Å². The highest BCUT2D eigenvalue weighted by atomic mass is 19.1. The Labute approximate surface area is 159 Å². The maximum Gasteiger partial charge on any atom is 0.144 e. The predicted molar refractivity (Wildman–Crippen MR) is 109 cm³/mol. The van der Waals surface area contributed by atoms with E-state index in [1.165, 1.54) is 18.5 Å². The van der Waals surface area contributed by atoms with Gasteiger partial charge in [0.25, 0.3) is 0 Å². The van der Waals surface area contributed by atoms with Gasteiger partial charge in [-0.25, -0.2) is 9.37 Å². The highest BCUT2D eigenvalue weighted by Gasteiger charge is 2.28. The molecule has 3 nitrogen and oxygen atoms in total. The predicted octanol–water partition coefficient (Wildman–Crippen LogP) is 5.70. The Morgan fingerprint density at radius 2 is 1.78 bits per heavy atom. The fourth-order valence-electron chi connectivity index (χ4n) is 4.37. The van der Waals surface area contributed by atoms with E-state index in [1.54, 1.807) is 0 Å². The molecular formula is C23H26FN3. The molecule has 1 aliphatic heterocycles. The van der Waals surface area contributed by atoms with Gasteiger partial charge in [0.15, 0.2) is 0 Å². The number of aryl methyl sites for hydroxylation is 2. The second kappa shape index (κ2) is 6.08. The van der Waals surface area contributed by atoms with Crippen LogP contribution < -0.4 is 4.90 Å². The molecule has 0 spiro atoms. The molecule has 2 fully saturated rings. The molecule has 2 aliphatic rings. The van der Waals surface area contributed by atoms with Crippen LogP contribution in [-0.2, 0) is 0 Å². The van der Waals surface area contributed by atoms with Crippen molar-refractivity contribution >= 4 is 16.7 Å². The van der Waals surface area contributed by atoms with Crippen LogP contribution in [0.25, 0.3) is 22.4 Å². The van der Waals surface area contributed by atoms with Crippen LogP contribution in [0.1, 0.15) is 48.4 Å². The minimum atomic E-state index is -0.128. The zero-order chi connectivity index (χ0) is 18.7. The van der Waals surface area contributed by atoms with Crippen molar-refractivity contribution in [3.8, 4) is 11.4 Å². The summed E-state index contributed by atoms with van der Waals surface area (Å²) in [6.07, 6.45) is 4.80. The van der Waals surface area contributed by atoms with E-state index in [0.29, 0.717) is 17.2 Å². The molecule has 0 N–H and O–H groups in total. The van der Waals surface area contributed by atoms with Gasteiger partial charge < -0.3 is 9.47 Å². The molecule has 1 aliphatic carbocycles. The molecule has 0 radical (unpaired) electrons. The third-order valence-electron chi connectivity index (χ3n) is 6.52. The topological polar surface area (TPSA) is 21.1 Å².